The van der Waals surface area contributed by atoms with Crippen molar-refractivity contribution in [2.75, 3.05) is 10.0 Å². The summed E-state index contributed by atoms with van der Waals surface area (Å²) >= 11 is 18.0. The summed E-state index contributed by atoms with van der Waals surface area (Å²) in [6.45, 7) is 0. The minimum Gasteiger partial charge on any atom is -0.324 e. The highest BCUT2D eigenvalue weighted by Gasteiger charge is 2.27. The van der Waals surface area contributed by atoms with Gasteiger partial charge in [-0.1, -0.05) is 59.1 Å². The van der Waals surface area contributed by atoms with Crippen LogP contribution in [0.5, 0.6) is 0 Å². The SMILES string of the molecule is O=S(=O)(Nc1nc2n(n1)C(c1ccc(Cl)cc1)C=C(c1ccc(Cl)cc1)N2)c1ccc(Cl)cc1. The van der Waals surface area contributed by atoms with Crippen molar-refractivity contribution in [3.05, 3.63) is 105 Å². The van der Waals surface area contributed by atoms with Gasteiger partial charge in [-0.2, -0.15) is 4.98 Å². The Bertz CT molecular complexity index is 1480. The van der Waals surface area contributed by atoms with E-state index in [0.29, 0.717) is 21.0 Å². The Morgan fingerprint density at radius 3 is 2.00 bits per heavy atom. The van der Waals surface area contributed by atoms with Gasteiger partial charge in [0.1, 0.15) is 6.04 Å². The first-order chi connectivity index (χ1) is 16.3. The fraction of sp³-hybridized carbons (Fsp3) is 0.0435. The van der Waals surface area contributed by atoms with Crippen molar-refractivity contribution in [2.24, 2.45) is 0 Å². The van der Waals surface area contributed by atoms with Crippen LogP contribution >= 0.6 is 34.8 Å². The van der Waals surface area contributed by atoms with Crippen LogP contribution in [0.25, 0.3) is 5.70 Å². The van der Waals surface area contributed by atoms with Crippen molar-refractivity contribution in [1.82, 2.24) is 14.8 Å². The number of sulfonamides is 1. The third-order valence-corrected chi connectivity index (χ3v) is 7.28. The number of hydrogen-bond acceptors (Lipinski definition) is 5. The number of allylic oxidation sites excluding steroid dienone is 1. The average Bonchev–Trinajstić information content (AvgIpc) is 3.21. The molecule has 1 atom stereocenters. The lowest BCUT2D eigenvalue weighted by molar-refractivity contribution is 0.598. The van der Waals surface area contributed by atoms with Crippen molar-refractivity contribution < 1.29 is 8.42 Å². The van der Waals surface area contributed by atoms with Gasteiger partial charge in [-0.3, -0.25) is 0 Å². The fourth-order valence-electron chi connectivity index (χ4n) is 3.52. The van der Waals surface area contributed by atoms with Gasteiger partial charge in [0.05, 0.1) is 4.90 Å². The van der Waals surface area contributed by atoms with Gasteiger partial charge in [0.2, 0.25) is 5.95 Å². The second kappa shape index (κ2) is 8.96. The van der Waals surface area contributed by atoms with Crippen LogP contribution in [0.1, 0.15) is 17.2 Å². The maximum atomic E-state index is 12.8. The summed E-state index contributed by atoms with van der Waals surface area (Å²) < 4.78 is 29.7. The maximum absolute atomic E-state index is 12.8. The van der Waals surface area contributed by atoms with Crippen molar-refractivity contribution in [1.29, 1.82) is 0 Å². The molecule has 0 spiro atoms. The number of nitrogens with zero attached hydrogens (tertiary/aromatic N) is 3. The smallest absolute Gasteiger partial charge is 0.264 e. The molecule has 1 aliphatic heterocycles. The molecule has 1 unspecified atom stereocenters. The summed E-state index contributed by atoms with van der Waals surface area (Å²) in [4.78, 5) is 4.45. The molecule has 7 nitrogen and oxygen atoms in total. The van der Waals surface area contributed by atoms with E-state index < -0.39 is 10.0 Å². The number of hydrogen-bond donors (Lipinski definition) is 2. The van der Waals surface area contributed by atoms with Crippen LogP contribution in [0.4, 0.5) is 11.9 Å². The van der Waals surface area contributed by atoms with E-state index in [9.17, 15) is 8.42 Å². The van der Waals surface area contributed by atoms with Crippen molar-refractivity contribution in [3.63, 3.8) is 0 Å². The zero-order valence-corrected chi connectivity index (χ0v) is 20.4. The first kappa shape index (κ1) is 22.7. The third kappa shape index (κ3) is 4.63. The second-order valence-corrected chi connectivity index (χ2v) is 10.5. The summed E-state index contributed by atoms with van der Waals surface area (Å²) in [5, 5.41) is 9.32. The van der Waals surface area contributed by atoms with E-state index in [1.54, 1.807) is 28.9 Å². The summed E-state index contributed by atoms with van der Waals surface area (Å²) in [6.07, 6.45) is 1.98. The Morgan fingerprint density at radius 1 is 0.824 bits per heavy atom. The molecule has 0 radical (unpaired) electrons. The Hall–Kier alpha value is -3.04. The van der Waals surface area contributed by atoms with Gasteiger partial charge in [0.25, 0.3) is 16.0 Å². The molecule has 34 heavy (non-hydrogen) atoms. The van der Waals surface area contributed by atoms with Gasteiger partial charge < -0.3 is 5.32 Å². The lowest BCUT2D eigenvalue weighted by Gasteiger charge is -2.24. The highest BCUT2D eigenvalue weighted by Crippen LogP contribution is 2.34. The lowest BCUT2D eigenvalue weighted by atomic mass is 10.0. The number of rotatable bonds is 5. The molecule has 1 aromatic heterocycles. The normalized spacial score (nSPS) is 15.3. The molecule has 3 aromatic carbocycles. The van der Waals surface area contributed by atoms with Gasteiger partial charge in [0.15, 0.2) is 0 Å². The monoisotopic (exact) mass is 531 g/mol. The van der Waals surface area contributed by atoms with E-state index in [-0.39, 0.29) is 16.9 Å². The van der Waals surface area contributed by atoms with E-state index >= 15 is 0 Å². The predicted molar refractivity (Wildman–Crippen MR) is 135 cm³/mol. The van der Waals surface area contributed by atoms with Gasteiger partial charge in [-0.15, -0.1) is 5.10 Å². The van der Waals surface area contributed by atoms with Gasteiger partial charge in [0, 0.05) is 20.8 Å². The molecule has 0 bridgehead atoms. The number of anilines is 2. The van der Waals surface area contributed by atoms with Crippen LogP contribution in [-0.2, 0) is 10.0 Å². The molecule has 172 valence electrons. The quantitative estimate of drug-likeness (QED) is 0.324. The Labute approximate surface area is 211 Å². The Kier molecular flexibility index (Phi) is 5.99. The number of aromatic nitrogens is 3. The molecule has 2 heterocycles. The number of halogens is 3. The minimum absolute atomic E-state index is 0.0480. The van der Waals surface area contributed by atoms with E-state index in [1.165, 1.54) is 24.3 Å². The topological polar surface area (TPSA) is 88.9 Å². The lowest BCUT2D eigenvalue weighted by Crippen LogP contribution is -2.20. The minimum atomic E-state index is -3.91. The molecule has 0 fully saturated rings. The summed E-state index contributed by atoms with van der Waals surface area (Å²) in [5.74, 6) is 0.309. The third-order valence-electron chi connectivity index (χ3n) is 5.18. The zero-order valence-electron chi connectivity index (χ0n) is 17.3. The van der Waals surface area contributed by atoms with Gasteiger partial charge in [-0.05, 0) is 65.7 Å². The van der Waals surface area contributed by atoms with E-state index in [0.717, 1.165) is 16.8 Å². The van der Waals surface area contributed by atoms with Crippen molar-refractivity contribution >= 4 is 62.4 Å². The van der Waals surface area contributed by atoms with Gasteiger partial charge >= 0.3 is 0 Å². The molecule has 11 heteroatoms. The molecule has 1 aliphatic rings. The summed E-state index contributed by atoms with van der Waals surface area (Å²) in [6, 6.07) is 20.2. The molecule has 5 rings (SSSR count). The first-order valence-electron chi connectivity index (χ1n) is 10.0. The van der Waals surface area contributed by atoms with Crippen LogP contribution in [0.3, 0.4) is 0 Å². The van der Waals surface area contributed by atoms with E-state index in [4.69, 9.17) is 34.8 Å². The molecule has 0 saturated heterocycles. The number of benzene rings is 3. The molecule has 2 N–H and O–H groups in total. The van der Waals surface area contributed by atoms with Crippen LogP contribution in [0.2, 0.25) is 15.1 Å². The zero-order chi connectivity index (χ0) is 23.9. The molecule has 0 aliphatic carbocycles. The van der Waals surface area contributed by atoms with Crippen molar-refractivity contribution in [2.45, 2.75) is 10.9 Å². The largest absolute Gasteiger partial charge is 0.324 e. The Morgan fingerprint density at radius 2 is 1.38 bits per heavy atom. The first-order valence-corrected chi connectivity index (χ1v) is 12.7. The highest BCUT2D eigenvalue weighted by atomic mass is 35.5. The standard InChI is InChI=1S/C23H16Cl3N5O2S/c24-16-5-1-14(2-6-16)20-13-21(15-3-7-17(25)8-4-15)31-23(27-20)28-22(29-31)30-34(32,33)19-11-9-18(26)10-12-19/h1-13,21H,(H2,27,28,29,30). The molecular weight excluding hydrogens is 517 g/mol. The highest BCUT2D eigenvalue weighted by molar-refractivity contribution is 7.92. The number of nitrogens with one attached hydrogen (secondary N) is 2. The fourth-order valence-corrected chi connectivity index (χ4v) is 4.84. The molecule has 0 saturated carbocycles. The number of fused-ring (bicyclic) bond motifs is 1. The van der Waals surface area contributed by atoms with Crippen LogP contribution in [0, 0.1) is 0 Å². The van der Waals surface area contributed by atoms with Crippen LogP contribution in [-0.4, -0.2) is 23.2 Å². The Balaban J connectivity index is 1.53. The molecular formula is C23H16Cl3N5O2S. The maximum Gasteiger partial charge on any atom is 0.264 e. The van der Waals surface area contributed by atoms with E-state index in [1.807, 2.05) is 30.3 Å². The average molecular weight is 533 g/mol. The van der Waals surface area contributed by atoms with Gasteiger partial charge in [-0.25, -0.2) is 17.8 Å². The van der Waals surface area contributed by atoms with Crippen LogP contribution < -0.4 is 10.0 Å². The summed E-state index contributed by atoms with van der Waals surface area (Å²) in [7, 11) is -3.91. The molecule has 4 aromatic rings. The molecule has 0 amide bonds. The summed E-state index contributed by atoms with van der Waals surface area (Å²) in [5.41, 5.74) is 2.57. The van der Waals surface area contributed by atoms with E-state index in [2.05, 4.69) is 20.1 Å². The second-order valence-electron chi connectivity index (χ2n) is 7.47. The predicted octanol–water partition coefficient (Wildman–Crippen LogP) is 6.10. The van der Waals surface area contributed by atoms with Crippen LogP contribution in [0.15, 0.2) is 83.8 Å². The van der Waals surface area contributed by atoms with Crippen molar-refractivity contribution in [3.8, 4) is 0 Å².